The number of hydrogen-bond donors (Lipinski definition) is 0. The van der Waals surface area contributed by atoms with Crippen molar-refractivity contribution < 1.29 is 44.6 Å². The van der Waals surface area contributed by atoms with Crippen LogP contribution in [-0.2, 0) is 9.53 Å². The maximum Gasteiger partial charge on any atom is 1.00 e. The van der Waals surface area contributed by atoms with Gasteiger partial charge in [-0.05, 0) is 0 Å². The summed E-state index contributed by atoms with van der Waals surface area (Å²) in [5.41, 5.74) is 0. The fraction of sp³-hybridized carbons (Fsp3) is 0.500. The van der Waals surface area contributed by atoms with Crippen molar-refractivity contribution in [1.29, 1.82) is 0 Å². The van der Waals surface area contributed by atoms with Crippen molar-refractivity contribution in [2.75, 3.05) is 7.11 Å². The molecule has 0 radical (unpaired) electrons. The average molecular weight is 100 g/mol. The molecule has 0 aliphatic carbocycles. The van der Waals surface area contributed by atoms with E-state index in [1.807, 2.05) is 0 Å². The van der Waals surface area contributed by atoms with Gasteiger partial charge in [0.2, 0.25) is 0 Å². The molecule has 0 aliphatic heterocycles. The van der Waals surface area contributed by atoms with Gasteiger partial charge in [0.25, 0.3) is 6.47 Å². The number of carbonyl (C=O) groups excluding carboxylic acids is 1. The van der Waals surface area contributed by atoms with E-state index in [4.69, 9.17) is 4.79 Å². The second-order valence-electron chi connectivity index (χ2n) is 0.332. The Bertz CT molecular complexity index is 22.8. The van der Waals surface area contributed by atoms with Gasteiger partial charge in [0.15, 0.2) is 0 Å². The minimum atomic E-state index is 0. The van der Waals surface area contributed by atoms with Crippen LogP contribution in [0.1, 0.15) is 0 Å². The van der Waals surface area contributed by atoms with Gasteiger partial charge in [0.05, 0.1) is 7.11 Å². The number of methoxy groups -OCH3 is 1. The SMILES string of the molecule is COC=O.[Na+].[OH-]. The van der Waals surface area contributed by atoms with Gasteiger partial charge in [-0.15, -0.1) is 0 Å². The first kappa shape index (κ1) is 16.1. The Morgan fingerprint density at radius 2 is 1.83 bits per heavy atom. The maximum absolute atomic E-state index is 8.95. The van der Waals surface area contributed by atoms with Gasteiger partial charge in [-0.25, -0.2) is 0 Å². The Morgan fingerprint density at radius 1 is 1.67 bits per heavy atom. The minimum Gasteiger partial charge on any atom is -0.870 e. The Hall–Kier alpha value is 0.430. The van der Waals surface area contributed by atoms with Gasteiger partial charge in [-0.3, -0.25) is 4.79 Å². The molecule has 0 aromatic heterocycles. The quantitative estimate of drug-likeness (QED) is 0.255. The minimum absolute atomic E-state index is 0. The van der Waals surface area contributed by atoms with E-state index in [0.717, 1.165) is 0 Å². The molecule has 0 saturated carbocycles. The molecule has 0 saturated heterocycles. The third-order valence-corrected chi connectivity index (χ3v) is 0.0962. The monoisotopic (exact) mass is 100 g/mol. The molecule has 0 aromatic rings. The summed E-state index contributed by atoms with van der Waals surface area (Å²) in [4.78, 5) is 8.95. The molecule has 0 aliphatic rings. The van der Waals surface area contributed by atoms with E-state index in [-0.39, 0.29) is 35.0 Å². The van der Waals surface area contributed by atoms with Crippen molar-refractivity contribution in [3.63, 3.8) is 0 Å². The molecule has 0 aromatic carbocycles. The number of carbonyl (C=O) groups is 1. The zero-order valence-corrected chi connectivity index (χ0v) is 5.84. The van der Waals surface area contributed by atoms with Crippen LogP contribution in [0.25, 0.3) is 0 Å². The summed E-state index contributed by atoms with van der Waals surface area (Å²) in [5.74, 6) is 0. The Balaban J connectivity index is -0.0000000450. The summed E-state index contributed by atoms with van der Waals surface area (Å²) in [5, 5.41) is 0. The van der Waals surface area contributed by atoms with Gasteiger partial charge in [-0.2, -0.15) is 0 Å². The molecular formula is C2H5NaO3. The van der Waals surface area contributed by atoms with E-state index in [1.54, 1.807) is 0 Å². The Labute approximate surface area is 58.3 Å². The predicted octanol–water partition coefficient (Wildman–Crippen LogP) is -3.38. The Morgan fingerprint density at radius 3 is 1.83 bits per heavy atom. The zero-order valence-electron chi connectivity index (χ0n) is 3.84. The van der Waals surface area contributed by atoms with Crippen molar-refractivity contribution >= 4 is 6.47 Å². The molecule has 0 bridgehead atoms. The first-order valence-corrected chi connectivity index (χ1v) is 0.880. The van der Waals surface area contributed by atoms with Gasteiger partial charge < -0.3 is 10.2 Å². The Kier molecular flexibility index (Phi) is 48.5. The normalized spacial score (nSPS) is 3.50. The zero-order chi connectivity index (χ0) is 3.41. The fourth-order valence-corrected chi connectivity index (χ4v) is 0. The van der Waals surface area contributed by atoms with Gasteiger partial charge in [0, 0.05) is 0 Å². The van der Waals surface area contributed by atoms with Crippen LogP contribution in [0.5, 0.6) is 0 Å². The van der Waals surface area contributed by atoms with Gasteiger partial charge >= 0.3 is 29.6 Å². The van der Waals surface area contributed by atoms with Crippen LogP contribution in [0, 0.1) is 0 Å². The summed E-state index contributed by atoms with van der Waals surface area (Å²) < 4.78 is 3.86. The van der Waals surface area contributed by atoms with Crippen molar-refractivity contribution in [3.05, 3.63) is 0 Å². The molecule has 0 atom stereocenters. The molecule has 32 valence electrons. The van der Waals surface area contributed by atoms with Crippen LogP contribution in [-0.4, -0.2) is 19.1 Å². The van der Waals surface area contributed by atoms with Crippen LogP contribution in [0.15, 0.2) is 0 Å². The van der Waals surface area contributed by atoms with E-state index in [2.05, 4.69) is 4.74 Å². The van der Waals surface area contributed by atoms with Crippen molar-refractivity contribution in [3.8, 4) is 0 Å². The first-order chi connectivity index (χ1) is 1.91. The van der Waals surface area contributed by atoms with Crippen LogP contribution in [0.3, 0.4) is 0 Å². The van der Waals surface area contributed by atoms with Crippen LogP contribution in [0.4, 0.5) is 0 Å². The summed E-state index contributed by atoms with van der Waals surface area (Å²) in [6.45, 7) is 0.375. The molecule has 3 nitrogen and oxygen atoms in total. The summed E-state index contributed by atoms with van der Waals surface area (Å²) in [6.07, 6.45) is 0. The van der Waals surface area contributed by atoms with E-state index < -0.39 is 0 Å². The predicted molar refractivity (Wildman–Crippen MR) is 15.0 cm³/mol. The molecule has 0 rings (SSSR count). The molecule has 0 amide bonds. The van der Waals surface area contributed by atoms with Crippen LogP contribution < -0.4 is 29.6 Å². The molecule has 1 N–H and O–H groups in total. The largest absolute Gasteiger partial charge is 1.00 e. The molecule has 0 spiro atoms. The summed E-state index contributed by atoms with van der Waals surface area (Å²) in [7, 11) is 1.31. The molecule has 6 heavy (non-hydrogen) atoms. The molecule has 4 heteroatoms. The molecule has 0 fully saturated rings. The second-order valence-corrected chi connectivity index (χ2v) is 0.332. The van der Waals surface area contributed by atoms with E-state index in [1.165, 1.54) is 7.11 Å². The van der Waals surface area contributed by atoms with Gasteiger partial charge in [-0.1, -0.05) is 0 Å². The third-order valence-electron chi connectivity index (χ3n) is 0.0962. The number of rotatable bonds is 1. The summed E-state index contributed by atoms with van der Waals surface area (Å²) >= 11 is 0. The second kappa shape index (κ2) is 18.0. The van der Waals surface area contributed by atoms with Crippen LogP contribution in [0.2, 0.25) is 0 Å². The maximum atomic E-state index is 8.95. The van der Waals surface area contributed by atoms with Crippen molar-refractivity contribution in [1.82, 2.24) is 0 Å². The van der Waals surface area contributed by atoms with E-state index >= 15 is 0 Å². The third kappa shape index (κ3) is 25.5. The van der Waals surface area contributed by atoms with Crippen molar-refractivity contribution in [2.24, 2.45) is 0 Å². The molecule has 0 unspecified atom stereocenters. The standard InChI is InChI=1S/C2H4O2.Na.H2O/c1-4-2-3;;/h2H,1H3;;1H2/q;+1;/p-1. The number of hydrogen-bond acceptors (Lipinski definition) is 3. The van der Waals surface area contributed by atoms with Gasteiger partial charge in [0.1, 0.15) is 0 Å². The fourth-order valence-electron chi connectivity index (χ4n) is 0. The number of ether oxygens (including phenoxy) is 1. The topological polar surface area (TPSA) is 56.3 Å². The van der Waals surface area contributed by atoms with E-state index in [0.29, 0.717) is 6.47 Å². The first-order valence-electron chi connectivity index (χ1n) is 0.880. The van der Waals surface area contributed by atoms with Crippen LogP contribution >= 0.6 is 0 Å². The molecule has 0 heterocycles. The smallest absolute Gasteiger partial charge is 0.870 e. The average Bonchev–Trinajstić information content (AvgIpc) is 1.37. The summed E-state index contributed by atoms with van der Waals surface area (Å²) in [6, 6.07) is 0. The van der Waals surface area contributed by atoms with E-state index in [9.17, 15) is 0 Å². The van der Waals surface area contributed by atoms with Crippen molar-refractivity contribution in [2.45, 2.75) is 0 Å². The molecular weight excluding hydrogens is 95.0 g/mol.